The Kier molecular flexibility index (Phi) is 4.39. The van der Waals surface area contributed by atoms with Crippen LogP contribution in [0.4, 0.5) is 4.39 Å². The molecule has 0 bridgehead atoms. The third kappa shape index (κ3) is 3.35. The predicted octanol–water partition coefficient (Wildman–Crippen LogP) is 5.01. The van der Waals surface area contributed by atoms with Crippen LogP contribution < -0.4 is 5.32 Å². The fourth-order valence-electron chi connectivity index (χ4n) is 2.13. The molecule has 2 heterocycles. The molecule has 2 aromatic heterocycles. The van der Waals surface area contributed by atoms with Crippen molar-refractivity contribution >= 4 is 22.9 Å². The average Bonchev–Trinajstić information content (AvgIpc) is 3.13. The lowest BCUT2D eigenvalue weighted by atomic mass is 10.1. The molecule has 1 aromatic carbocycles. The minimum Gasteiger partial charge on any atom is -0.467 e. The van der Waals surface area contributed by atoms with E-state index in [1.807, 2.05) is 30.3 Å². The lowest BCUT2D eigenvalue weighted by Crippen LogP contribution is -2.21. The molecule has 0 aliphatic carbocycles. The summed E-state index contributed by atoms with van der Waals surface area (Å²) in [6.45, 7) is 0.410. The van der Waals surface area contributed by atoms with E-state index in [1.165, 1.54) is 17.4 Å². The molecule has 21 heavy (non-hydrogen) atoms. The summed E-state index contributed by atoms with van der Waals surface area (Å²) in [7, 11) is 0. The molecule has 1 unspecified atom stereocenters. The largest absolute Gasteiger partial charge is 0.467 e. The first kappa shape index (κ1) is 14.3. The topological polar surface area (TPSA) is 25.2 Å². The van der Waals surface area contributed by atoms with Crippen LogP contribution in [0.2, 0.25) is 4.34 Å². The highest BCUT2D eigenvalue weighted by Crippen LogP contribution is 2.31. The van der Waals surface area contributed by atoms with E-state index < -0.39 is 0 Å². The first-order valence-corrected chi connectivity index (χ1v) is 7.69. The van der Waals surface area contributed by atoms with Gasteiger partial charge in [0, 0.05) is 17.0 Å². The summed E-state index contributed by atoms with van der Waals surface area (Å²) >= 11 is 7.49. The average molecular weight is 322 g/mol. The molecule has 0 saturated carbocycles. The van der Waals surface area contributed by atoms with Crippen LogP contribution in [0.25, 0.3) is 0 Å². The van der Waals surface area contributed by atoms with E-state index in [-0.39, 0.29) is 11.9 Å². The molecular weight excluding hydrogens is 309 g/mol. The number of hydrogen-bond donors (Lipinski definition) is 1. The normalized spacial score (nSPS) is 12.5. The van der Waals surface area contributed by atoms with Gasteiger partial charge >= 0.3 is 0 Å². The van der Waals surface area contributed by atoms with Gasteiger partial charge in [-0.1, -0.05) is 29.8 Å². The second-order valence-corrected chi connectivity index (χ2v) is 6.31. The van der Waals surface area contributed by atoms with E-state index in [0.29, 0.717) is 16.4 Å². The van der Waals surface area contributed by atoms with Crippen molar-refractivity contribution in [1.29, 1.82) is 0 Å². The Morgan fingerprint density at radius 1 is 1.14 bits per heavy atom. The maximum atomic E-state index is 13.7. The number of thiophene rings is 1. The van der Waals surface area contributed by atoms with Crippen LogP contribution in [-0.2, 0) is 6.54 Å². The fourth-order valence-corrected chi connectivity index (χ4v) is 3.28. The van der Waals surface area contributed by atoms with Gasteiger partial charge in [0.15, 0.2) is 0 Å². The molecule has 5 heteroatoms. The van der Waals surface area contributed by atoms with Gasteiger partial charge in [-0.05, 0) is 30.3 Å². The van der Waals surface area contributed by atoms with Crippen LogP contribution in [0.1, 0.15) is 22.2 Å². The van der Waals surface area contributed by atoms with Gasteiger partial charge in [-0.2, -0.15) is 0 Å². The van der Waals surface area contributed by atoms with Crippen LogP contribution in [0.3, 0.4) is 0 Å². The first-order valence-electron chi connectivity index (χ1n) is 6.49. The smallest absolute Gasteiger partial charge is 0.127 e. The molecule has 0 spiro atoms. The van der Waals surface area contributed by atoms with Crippen molar-refractivity contribution in [2.24, 2.45) is 0 Å². The van der Waals surface area contributed by atoms with Gasteiger partial charge in [0.1, 0.15) is 17.6 Å². The molecule has 0 aliphatic rings. The van der Waals surface area contributed by atoms with Crippen LogP contribution in [0.15, 0.2) is 59.2 Å². The van der Waals surface area contributed by atoms with E-state index in [0.717, 1.165) is 10.6 Å². The molecule has 2 nitrogen and oxygen atoms in total. The maximum absolute atomic E-state index is 13.7. The predicted molar refractivity (Wildman–Crippen MR) is 83.1 cm³/mol. The number of halogens is 2. The van der Waals surface area contributed by atoms with Crippen molar-refractivity contribution < 1.29 is 8.81 Å². The van der Waals surface area contributed by atoms with E-state index >= 15 is 0 Å². The molecular formula is C16H13ClFNOS. The number of nitrogens with one attached hydrogen (secondary N) is 1. The zero-order valence-corrected chi connectivity index (χ0v) is 12.6. The first-order chi connectivity index (χ1) is 10.2. The van der Waals surface area contributed by atoms with Crippen LogP contribution in [0.5, 0.6) is 0 Å². The molecule has 1 atom stereocenters. The summed E-state index contributed by atoms with van der Waals surface area (Å²) in [6.07, 6.45) is 1.63. The van der Waals surface area contributed by atoms with Gasteiger partial charge < -0.3 is 4.42 Å². The molecule has 108 valence electrons. The molecule has 0 aliphatic heterocycles. The zero-order chi connectivity index (χ0) is 14.7. The van der Waals surface area contributed by atoms with Gasteiger partial charge in [-0.15, -0.1) is 11.3 Å². The Morgan fingerprint density at radius 2 is 2.00 bits per heavy atom. The number of furan rings is 1. The molecule has 0 saturated heterocycles. The van der Waals surface area contributed by atoms with Crippen LogP contribution in [-0.4, -0.2) is 0 Å². The standard InChI is InChI=1S/C16H13ClFNOS/c17-15-8-7-14(21-15)16(13-6-3-9-20-13)19-10-11-4-1-2-5-12(11)18/h1-9,16,19H,10H2. The SMILES string of the molecule is Fc1ccccc1CNC(c1ccco1)c1ccc(Cl)s1. The van der Waals surface area contributed by atoms with Crippen molar-refractivity contribution in [1.82, 2.24) is 5.32 Å². The summed E-state index contributed by atoms with van der Waals surface area (Å²) in [6, 6.07) is 14.1. The minimum atomic E-state index is -0.215. The van der Waals surface area contributed by atoms with E-state index in [2.05, 4.69) is 5.32 Å². The maximum Gasteiger partial charge on any atom is 0.127 e. The molecule has 1 N–H and O–H groups in total. The van der Waals surface area contributed by atoms with E-state index in [1.54, 1.807) is 18.4 Å². The van der Waals surface area contributed by atoms with Crippen LogP contribution >= 0.6 is 22.9 Å². The fraction of sp³-hybridized carbons (Fsp3) is 0.125. The Hall–Kier alpha value is -1.62. The minimum absolute atomic E-state index is 0.142. The zero-order valence-electron chi connectivity index (χ0n) is 11.1. The highest BCUT2D eigenvalue weighted by molar-refractivity contribution is 7.16. The third-order valence-electron chi connectivity index (χ3n) is 3.16. The molecule has 0 radical (unpaired) electrons. The van der Waals surface area contributed by atoms with Crippen molar-refractivity contribution in [2.75, 3.05) is 0 Å². The third-order valence-corrected chi connectivity index (χ3v) is 4.46. The number of benzene rings is 1. The summed E-state index contributed by atoms with van der Waals surface area (Å²) in [5.41, 5.74) is 0.622. The lowest BCUT2D eigenvalue weighted by Gasteiger charge is -2.15. The van der Waals surface area contributed by atoms with Crippen molar-refractivity contribution in [3.63, 3.8) is 0 Å². The van der Waals surface area contributed by atoms with Gasteiger partial charge in [-0.3, -0.25) is 5.32 Å². The molecule has 3 aromatic rings. The van der Waals surface area contributed by atoms with Gasteiger partial charge in [0.2, 0.25) is 0 Å². The number of rotatable bonds is 5. The second-order valence-electron chi connectivity index (χ2n) is 4.56. The van der Waals surface area contributed by atoms with Crippen molar-refractivity contribution in [3.8, 4) is 0 Å². The highest BCUT2D eigenvalue weighted by atomic mass is 35.5. The van der Waals surface area contributed by atoms with E-state index in [9.17, 15) is 4.39 Å². The second kappa shape index (κ2) is 6.43. The Bertz CT molecular complexity index is 711. The monoisotopic (exact) mass is 321 g/mol. The van der Waals surface area contributed by atoms with Gasteiger partial charge in [-0.25, -0.2) is 4.39 Å². The van der Waals surface area contributed by atoms with Crippen LogP contribution in [0, 0.1) is 5.82 Å². The van der Waals surface area contributed by atoms with Crippen molar-refractivity contribution in [2.45, 2.75) is 12.6 Å². The molecule has 3 rings (SSSR count). The summed E-state index contributed by atoms with van der Waals surface area (Å²) < 4.78 is 19.9. The molecule has 0 amide bonds. The Morgan fingerprint density at radius 3 is 2.67 bits per heavy atom. The van der Waals surface area contributed by atoms with Crippen molar-refractivity contribution in [3.05, 3.63) is 81.1 Å². The van der Waals surface area contributed by atoms with E-state index in [4.69, 9.17) is 16.0 Å². The quantitative estimate of drug-likeness (QED) is 0.714. The Balaban J connectivity index is 1.82. The summed E-state index contributed by atoms with van der Waals surface area (Å²) in [5, 5.41) is 3.33. The summed E-state index contributed by atoms with van der Waals surface area (Å²) in [4.78, 5) is 1.03. The Labute approximate surface area is 131 Å². The summed E-state index contributed by atoms with van der Waals surface area (Å²) in [5.74, 6) is 0.567. The lowest BCUT2D eigenvalue weighted by molar-refractivity contribution is 0.446. The number of hydrogen-bond acceptors (Lipinski definition) is 3. The van der Waals surface area contributed by atoms with Gasteiger partial charge in [0.25, 0.3) is 0 Å². The van der Waals surface area contributed by atoms with Gasteiger partial charge in [0.05, 0.1) is 10.6 Å². The highest BCUT2D eigenvalue weighted by Gasteiger charge is 2.18. The molecule has 0 fully saturated rings.